The van der Waals surface area contributed by atoms with Crippen molar-refractivity contribution in [3.05, 3.63) is 62.5 Å². The van der Waals surface area contributed by atoms with Crippen LogP contribution in [0.2, 0.25) is 0 Å². The lowest BCUT2D eigenvalue weighted by Gasteiger charge is -2.20. The molecule has 0 fully saturated rings. The minimum Gasteiger partial charge on any atom is -0.298 e. The number of fused-ring (bicyclic) bond motifs is 1. The van der Waals surface area contributed by atoms with E-state index in [2.05, 4.69) is 26.0 Å². The largest absolute Gasteiger partial charge is 0.298 e. The van der Waals surface area contributed by atoms with Crippen molar-refractivity contribution in [2.24, 2.45) is 0 Å². The zero-order chi connectivity index (χ0) is 18.4. The Labute approximate surface area is 151 Å². The number of pyridine rings is 1. The molecular formula is C18H15BrFN3O2. The fraction of sp³-hybridized carbons (Fsp3) is 0.222. The fourth-order valence-electron chi connectivity index (χ4n) is 2.56. The van der Waals surface area contributed by atoms with Gasteiger partial charge < -0.3 is 0 Å². The number of aldehydes is 1. The summed E-state index contributed by atoms with van der Waals surface area (Å²) in [5.74, 6) is -0.612. The van der Waals surface area contributed by atoms with Crippen LogP contribution in [0, 0.1) is 5.82 Å². The van der Waals surface area contributed by atoms with Gasteiger partial charge in [-0.15, -0.1) is 0 Å². The molecule has 0 aliphatic carbocycles. The molecule has 3 aromatic rings. The first-order valence-electron chi connectivity index (χ1n) is 7.55. The first kappa shape index (κ1) is 17.4. The highest BCUT2D eigenvalue weighted by Crippen LogP contribution is 2.27. The molecule has 1 aromatic carbocycles. The molecule has 5 nitrogen and oxygen atoms in total. The van der Waals surface area contributed by atoms with Gasteiger partial charge in [0.2, 0.25) is 0 Å². The lowest BCUT2D eigenvalue weighted by Crippen LogP contribution is -2.24. The molecule has 0 saturated carbocycles. The maximum absolute atomic E-state index is 14.7. The van der Waals surface area contributed by atoms with Crippen molar-refractivity contribution >= 4 is 33.0 Å². The van der Waals surface area contributed by atoms with Crippen molar-refractivity contribution in [1.29, 1.82) is 0 Å². The maximum Gasteiger partial charge on any atom is 0.282 e. The van der Waals surface area contributed by atoms with Gasteiger partial charge in [-0.3, -0.25) is 14.6 Å². The number of carbonyl (C=O) groups excluding carboxylic acids is 1. The van der Waals surface area contributed by atoms with Gasteiger partial charge in [-0.1, -0.05) is 20.8 Å². The van der Waals surface area contributed by atoms with Crippen LogP contribution < -0.4 is 5.56 Å². The van der Waals surface area contributed by atoms with Gasteiger partial charge in [-0.05, 0) is 39.0 Å². The van der Waals surface area contributed by atoms with E-state index < -0.39 is 11.4 Å². The number of hydrogen-bond donors (Lipinski definition) is 0. The second-order valence-corrected chi connectivity index (χ2v) is 7.56. The van der Waals surface area contributed by atoms with Crippen LogP contribution in [-0.2, 0) is 5.41 Å². The monoisotopic (exact) mass is 403 g/mol. The highest BCUT2D eigenvalue weighted by molar-refractivity contribution is 9.10. The van der Waals surface area contributed by atoms with Gasteiger partial charge >= 0.3 is 0 Å². The van der Waals surface area contributed by atoms with E-state index in [-0.39, 0.29) is 22.1 Å². The van der Waals surface area contributed by atoms with Gasteiger partial charge in [0.15, 0.2) is 6.29 Å². The molecular weight excluding hydrogens is 389 g/mol. The average molecular weight is 404 g/mol. The maximum atomic E-state index is 14.7. The van der Waals surface area contributed by atoms with E-state index in [1.54, 1.807) is 6.07 Å². The van der Waals surface area contributed by atoms with Crippen LogP contribution in [0.15, 0.2) is 40.0 Å². The minimum absolute atomic E-state index is 0.0696. The van der Waals surface area contributed by atoms with Gasteiger partial charge in [-0.25, -0.2) is 4.39 Å². The molecule has 25 heavy (non-hydrogen) atoms. The van der Waals surface area contributed by atoms with E-state index in [1.165, 1.54) is 24.7 Å². The fourth-order valence-corrected chi connectivity index (χ4v) is 2.97. The van der Waals surface area contributed by atoms with Gasteiger partial charge in [0.05, 0.1) is 29.0 Å². The summed E-state index contributed by atoms with van der Waals surface area (Å²) < 4.78 is 16.1. The summed E-state index contributed by atoms with van der Waals surface area (Å²) in [4.78, 5) is 28.1. The Morgan fingerprint density at radius 1 is 1.20 bits per heavy atom. The summed E-state index contributed by atoms with van der Waals surface area (Å²) in [5.41, 5.74) is 0.279. The number of rotatable bonds is 2. The molecule has 0 bridgehead atoms. The summed E-state index contributed by atoms with van der Waals surface area (Å²) in [5, 5.41) is 4.46. The summed E-state index contributed by atoms with van der Waals surface area (Å²) in [6.07, 6.45) is 4.80. The number of carbonyl (C=O) groups is 1. The Balaban J connectivity index is 2.33. The summed E-state index contributed by atoms with van der Waals surface area (Å²) in [7, 11) is 0. The normalized spacial score (nSPS) is 11.7. The predicted octanol–water partition coefficient (Wildman–Crippen LogP) is 3.79. The standard InChI is InChI=1S/C18H15BrFN3O2/c1-18(2,3)11-4-10-6-22-23(17(25)16(10)14(20)5-11)15-8-21-7-13(19)12(15)9-24/h4-9H,1-3H3. The van der Waals surface area contributed by atoms with Crippen LogP contribution in [0.25, 0.3) is 16.5 Å². The lowest BCUT2D eigenvalue weighted by atomic mass is 9.86. The Morgan fingerprint density at radius 2 is 1.92 bits per heavy atom. The molecule has 0 amide bonds. The molecule has 0 aliphatic heterocycles. The van der Waals surface area contributed by atoms with Crippen LogP contribution >= 0.6 is 15.9 Å². The summed E-state index contributed by atoms with van der Waals surface area (Å²) in [6, 6.07) is 3.13. The van der Waals surface area contributed by atoms with Crippen molar-refractivity contribution in [2.45, 2.75) is 26.2 Å². The third-order valence-electron chi connectivity index (χ3n) is 3.97. The average Bonchev–Trinajstić information content (AvgIpc) is 2.53. The number of aromatic nitrogens is 3. The Bertz CT molecular complexity index is 1050. The Hall–Kier alpha value is -2.41. The van der Waals surface area contributed by atoms with Crippen molar-refractivity contribution in [2.75, 3.05) is 0 Å². The number of halogens is 2. The zero-order valence-corrected chi connectivity index (χ0v) is 15.5. The zero-order valence-electron chi connectivity index (χ0n) is 13.9. The molecule has 2 aromatic heterocycles. The Morgan fingerprint density at radius 3 is 2.56 bits per heavy atom. The van der Waals surface area contributed by atoms with E-state index in [0.29, 0.717) is 16.1 Å². The molecule has 0 N–H and O–H groups in total. The lowest BCUT2D eigenvalue weighted by molar-refractivity contribution is 0.112. The first-order chi connectivity index (χ1) is 11.7. The van der Waals surface area contributed by atoms with Crippen molar-refractivity contribution in [1.82, 2.24) is 14.8 Å². The van der Waals surface area contributed by atoms with Gasteiger partial charge in [-0.2, -0.15) is 9.78 Å². The van der Waals surface area contributed by atoms with E-state index >= 15 is 0 Å². The second-order valence-electron chi connectivity index (χ2n) is 6.71. The number of hydrogen-bond acceptors (Lipinski definition) is 4. The van der Waals surface area contributed by atoms with Crippen LogP contribution in [0.5, 0.6) is 0 Å². The second kappa shape index (κ2) is 6.15. The van der Waals surface area contributed by atoms with Gasteiger partial charge in [0, 0.05) is 16.1 Å². The smallest absolute Gasteiger partial charge is 0.282 e. The van der Waals surface area contributed by atoms with E-state index in [0.717, 1.165) is 10.2 Å². The third kappa shape index (κ3) is 3.00. The van der Waals surface area contributed by atoms with Crippen LogP contribution in [0.3, 0.4) is 0 Å². The number of benzene rings is 1. The molecule has 128 valence electrons. The molecule has 0 atom stereocenters. The summed E-state index contributed by atoms with van der Waals surface area (Å²) >= 11 is 3.21. The highest BCUT2D eigenvalue weighted by atomic mass is 79.9. The quantitative estimate of drug-likeness (QED) is 0.610. The Kier molecular flexibility index (Phi) is 4.28. The molecule has 7 heteroatoms. The van der Waals surface area contributed by atoms with Crippen molar-refractivity contribution < 1.29 is 9.18 Å². The third-order valence-corrected chi connectivity index (χ3v) is 4.60. The molecule has 2 heterocycles. The van der Waals surface area contributed by atoms with E-state index in [1.807, 2.05) is 20.8 Å². The topological polar surface area (TPSA) is 64.8 Å². The summed E-state index contributed by atoms with van der Waals surface area (Å²) in [6.45, 7) is 5.89. The van der Waals surface area contributed by atoms with Gasteiger partial charge in [0.25, 0.3) is 5.56 Å². The minimum atomic E-state index is -0.640. The predicted molar refractivity (Wildman–Crippen MR) is 96.9 cm³/mol. The van der Waals surface area contributed by atoms with Crippen molar-refractivity contribution in [3.63, 3.8) is 0 Å². The SMILES string of the molecule is CC(C)(C)c1cc(F)c2c(=O)n(-c3cncc(Br)c3C=O)ncc2c1. The molecule has 0 aliphatic rings. The number of nitrogens with zero attached hydrogens (tertiary/aromatic N) is 3. The van der Waals surface area contributed by atoms with Crippen LogP contribution in [0.4, 0.5) is 4.39 Å². The van der Waals surface area contributed by atoms with Crippen LogP contribution in [0.1, 0.15) is 36.7 Å². The van der Waals surface area contributed by atoms with E-state index in [9.17, 15) is 14.0 Å². The molecule has 0 saturated heterocycles. The molecule has 3 rings (SSSR count). The molecule has 0 spiro atoms. The molecule has 0 unspecified atom stereocenters. The molecule has 0 radical (unpaired) electrons. The van der Waals surface area contributed by atoms with Gasteiger partial charge in [0.1, 0.15) is 5.82 Å². The first-order valence-corrected chi connectivity index (χ1v) is 8.34. The van der Waals surface area contributed by atoms with E-state index in [4.69, 9.17) is 0 Å². The van der Waals surface area contributed by atoms with Crippen LogP contribution in [-0.4, -0.2) is 21.1 Å². The highest BCUT2D eigenvalue weighted by Gasteiger charge is 2.20. The van der Waals surface area contributed by atoms with Crippen molar-refractivity contribution in [3.8, 4) is 5.69 Å².